The quantitative estimate of drug-likeness (QED) is 0.775. The van der Waals surface area contributed by atoms with Crippen molar-refractivity contribution < 1.29 is 19.4 Å². The molecule has 19 heavy (non-hydrogen) atoms. The van der Waals surface area contributed by atoms with Crippen LogP contribution >= 0.6 is 0 Å². The van der Waals surface area contributed by atoms with Crippen molar-refractivity contribution in [2.45, 2.75) is 33.4 Å². The van der Waals surface area contributed by atoms with Crippen molar-refractivity contribution in [2.75, 3.05) is 13.2 Å². The predicted octanol–water partition coefficient (Wildman–Crippen LogP) is 1.94. The molecular formula is C14H20FNO3. The summed E-state index contributed by atoms with van der Waals surface area (Å²) in [6.07, 6.45) is 0. The summed E-state index contributed by atoms with van der Waals surface area (Å²) in [5.41, 5.74) is 0.343. The average molecular weight is 269 g/mol. The van der Waals surface area contributed by atoms with Crippen LogP contribution in [0.1, 0.15) is 36.7 Å². The zero-order valence-electron chi connectivity index (χ0n) is 11.5. The molecule has 0 aliphatic rings. The van der Waals surface area contributed by atoms with Gasteiger partial charge in [-0.1, -0.05) is 0 Å². The van der Waals surface area contributed by atoms with Crippen LogP contribution in [0.15, 0.2) is 12.1 Å². The van der Waals surface area contributed by atoms with Crippen LogP contribution in [0, 0.1) is 5.82 Å². The summed E-state index contributed by atoms with van der Waals surface area (Å²) < 4.78 is 13.5. The Bertz CT molecular complexity index is 460. The number of carbonyl (C=O) groups is 1. The molecule has 1 aromatic carbocycles. The van der Waals surface area contributed by atoms with Gasteiger partial charge < -0.3 is 10.2 Å². The standard InChI is InChI=1S/C14H20FNO3/c1-9(2)16(4-5-17)8-11-6-12(15)7-13(10(3)18)14(11)19/h6-7,9,17,19H,4-5,8H2,1-3H3. The van der Waals surface area contributed by atoms with Gasteiger partial charge in [0.1, 0.15) is 11.6 Å². The molecule has 0 bridgehead atoms. The molecule has 0 amide bonds. The number of aliphatic hydroxyl groups excluding tert-OH is 1. The molecule has 0 radical (unpaired) electrons. The Morgan fingerprint density at radius 1 is 1.42 bits per heavy atom. The lowest BCUT2D eigenvalue weighted by Crippen LogP contribution is -2.33. The minimum atomic E-state index is -0.550. The van der Waals surface area contributed by atoms with Crippen LogP contribution in [0.4, 0.5) is 4.39 Å². The van der Waals surface area contributed by atoms with E-state index >= 15 is 0 Å². The molecule has 1 rings (SSSR count). The lowest BCUT2D eigenvalue weighted by molar-refractivity contribution is 0.101. The number of phenols is 1. The van der Waals surface area contributed by atoms with Crippen LogP contribution in [0.5, 0.6) is 5.75 Å². The number of rotatable bonds is 6. The molecule has 0 saturated carbocycles. The fraction of sp³-hybridized carbons (Fsp3) is 0.500. The molecule has 0 aromatic heterocycles. The molecule has 0 heterocycles. The minimum Gasteiger partial charge on any atom is -0.507 e. The van der Waals surface area contributed by atoms with E-state index in [2.05, 4.69) is 0 Å². The summed E-state index contributed by atoms with van der Waals surface area (Å²) in [6, 6.07) is 2.39. The van der Waals surface area contributed by atoms with E-state index in [1.807, 2.05) is 18.7 Å². The third kappa shape index (κ3) is 4.01. The monoisotopic (exact) mass is 269 g/mol. The minimum absolute atomic E-state index is 0.0114. The Hall–Kier alpha value is -1.46. The Balaban J connectivity index is 3.09. The number of hydrogen-bond acceptors (Lipinski definition) is 4. The van der Waals surface area contributed by atoms with Gasteiger partial charge in [0.2, 0.25) is 0 Å². The average Bonchev–Trinajstić information content (AvgIpc) is 2.32. The third-order valence-electron chi connectivity index (χ3n) is 3.02. The molecular weight excluding hydrogens is 249 g/mol. The largest absolute Gasteiger partial charge is 0.507 e. The number of aliphatic hydroxyl groups is 1. The highest BCUT2D eigenvalue weighted by atomic mass is 19.1. The molecule has 1 aromatic rings. The van der Waals surface area contributed by atoms with Crippen LogP contribution < -0.4 is 0 Å². The van der Waals surface area contributed by atoms with Crippen LogP contribution in [-0.4, -0.2) is 40.1 Å². The molecule has 2 N–H and O–H groups in total. The van der Waals surface area contributed by atoms with Crippen molar-refractivity contribution in [3.8, 4) is 5.75 Å². The Morgan fingerprint density at radius 3 is 2.53 bits per heavy atom. The van der Waals surface area contributed by atoms with Gasteiger partial charge in [0.15, 0.2) is 5.78 Å². The van der Waals surface area contributed by atoms with Crippen molar-refractivity contribution in [1.29, 1.82) is 0 Å². The number of ketones is 1. The van der Waals surface area contributed by atoms with Crippen molar-refractivity contribution in [2.24, 2.45) is 0 Å². The number of phenolic OH excluding ortho intramolecular Hbond substituents is 1. The maximum absolute atomic E-state index is 13.5. The maximum atomic E-state index is 13.5. The Labute approximate surface area is 112 Å². The van der Waals surface area contributed by atoms with Crippen molar-refractivity contribution in [1.82, 2.24) is 4.90 Å². The van der Waals surface area contributed by atoms with E-state index in [4.69, 9.17) is 5.11 Å². The van der Waals surface area contributed by atoms with Crippen molar-refractivity contribution in [3.63, 3.8) is 0 Å². The normalized spacial score (nSPS) is 11.3. The fourth-order valence-corrected chi connectivity index (χ4v) is 1.91. The Kier molecular flexibility index (Phi) is 5.44. The molecule has 0 aliphatic heterocycles. The molecule has 5 heteroatoms. The zero-order chi connectivity index (χ0) is 14.6. The number of carbonyl (C=O) groups excluding carboxylic acids is 1. The molecule has 0 fully saturated rings. The summed E-state index contributed by atoms with van der Waals surface area (Å²) >= 11 is 0. The van der Waals surface area contributed by atoms with Crippen LogP contribution in [-0.2, 0) is 6.54 Å². The van der Waals surface area contributed by atoms with E-state index in [0.29, 0.717) is 12.1 Å². The SMILES string of the molecule is CC(=O)c1cc(F)cc(CN(CCO)C(C)C)c1O. The summed E-state index contributed by atoms with van der Waals surface area (Å²) in [7, 11) is 0. The van der Waals surface area contributed by atoms with Gasteiger partial charge in [-0.2, -0.15) is 0 Å². The molecule has 4 nitrogen and oxygen atoms in total. The van der Waals surface area contributed by atoms with Crippen LogP contribution in [0.3, 0.4) is 0 Å². The second-order valence-electron chi connectivity index (χ2n) is 4.81. The second-order valence-corrected chi connectivity index (χ2v) is 4.81. The van der Waals surface area contributed by atoms with Gasteiger partial charge in [-0.15, -0.1) is 0 Å². The van der Waals surface area contributed by atoms with Crippen molar-refractivity contribution in [3.05, 3.63) is 29.1 Å². The van der Waals surface area contributed by atoms with Gasteiger partial charge in [0, 0.05) is 24.7 Å². The van der Waals surface area contributed by atoms with Gasteiger partial charge in [0.05, 0.1) is 12.2 Å². The van der Waals surface area contributed by atoms with Crippen LogP contribution in [0.25, 0.3) is 0 Å². The number of aromatic hydroxyl groups is 1. The first-order chi connectivity index (χ1) is 8.86. The van der Waals surface area contributed by atoms with Gasteiger partial charge in [-0.05, 0) is 32.9 Å². The fourth-order valence-electron chi connectivity index (χ4n) is 1.91. The molecule has 0 aliphatic carbocycles. The van der Waals surface area contributed by atoms with Gasteiger partial charge in [-0.3, -0.25) is 9.69 Å². The first-order valence-corrected chi connectivity index (χ1v) is 6.24. The van der Waals surface area contributed by atoms with Crippen LogP contribution in [0.2, 0.25) is 0 Å². The van der Waals surface area contributed by atoms with E-state index in [0.717, 1.165) is 6.07 Å². The number of halogens is 1. The Morgan fingerprint density at radius 2 is 2.05 bits per heavy atom. The smallest absolute Gasteiger partial charge is 0.163 e. The maximum Gasteiger partial charge on any atom is 0.163 e. The van der Waals surface area contributed by atoms with E-state index in [-0.39, 0.29) is 36.3 Å². The third-order valence-corrected chi connectivity index (χ3v) is 3.02. The van der Waals surface area contributed by atoms with E-state index < -0.39 is 5.82 Å². The molecule has 0 unspecified atom stereocenters. The lowest BCUT2D eigenvalue weighted by Gasteiger charge is -2.26. The topological polar surface area (TPSA) is 60.8 Å². The van der Waals surface area contributed by atoms with E-state index in [9.17, 15) is 14.3 Å². The van der Waals surface area contributed by atoms with E-state index in [1.165, 1.54) is 13.0 Å². The summed E-state index contributed by atoms with van der Waals surface area (Å²) in [6.45, 7) is 5.85. The highest BCUT2D eigenvalue weighted by molar-refractivity contribution is 5.97. The zero-order valence-corrected chi connectivity index (χ0v) is 11.5. The highest BCUT2D eigenvalue weighted by Gasteiger charge is 2.17. The molecule has 0 spiro atoms. The molecule has 106 valence electrons. The number of nitrogens with zero attached hydrogens (tertiary/aromatic N) is 1. The summed E-state index contributed by atoms with van der Waals surface area (Å²) in [5, 5.41) is 19.0. The summed E-state index contributed by atoms with van der Waals surface area (Å²) in [4.78, 5) is 13.2. The summed E-state index contributed by atoms with van der Waals surface area (Å²) in [5.74, 6) is -1.11. The van der Waals surface area contributed by atoms with Gasteiger partial charge >= 0.3 is 0 Å². The predicted molar refractivity (Wildman–Crippen MR) is 70.7 cm³/mol. The molecule has 0 saturated heterocycles. The molecule has 0 atom stereocenters. The van der Waals surface area contributed by atoms with Crippen molar-refractivity contribution >= 4 is 5.78 Å². The van der Waals surface area contributed by atoms with Gasteiger partial charge in [0.25, 0.3) is 0 Å². The first kappa shape index (κ1) is 15.6. The number of Topliss-reactive ketones (excluding diaryl/α,β-unsaturated/α-hetero) is 1. The number of benzene rings is 1. The number of hydrogen-bond donors (Lipinski definition) is 2. The highest BCUT2D eigenvalue weighted by Crippen LogP contribution is 2.26. The van der Waals surface area contributed by atoms with E-state index in [1.54, 1.807) is 0 Å². The second kappa shape index (κ2) is 6.63. The lowest BCUT2D eigenvalue weighted by atomic mass is 10.0. The first-order valence-electron chi connectivity index (χ1n) is 6.24. The van der Waals surface area contributed by atoms with Gasteiger partial charge in [-0.25, -0.2) is 4.39 Å².